The highest BCUT2D eigenvalue weighted by molar-refractivity contribution is 6.43. The molecule has 0 radical (unpaired) electrons. The molecular formula is C13H7Cl3N2O3. The third-order valence-electron chi connectivity index (χ3n) is 2.55. The van der Waals surface area contributed by atoms with E-state index in [1.165, 1.54) is 12.3 Å². The third kappa shape index (κ3) is 3.44. The zero-order chi connectivity index (χ0) is 15.6. The summed E-state index contributed by atoms with van der Waals surface area (Å²) in [6, 6.07) is 7.28. The molecule has 0 fully saturated rings. The SMILES string of the molecule is O=[N+]([O-])c1cc(Cl)cc(C=Nc2cccc(Cl)c2Cl)c1O. The summed E-state index contributed by atoms with van der Waals surface area (Å²) in [5.41, 5.74) is -0.0300. The predicted octanol–water partition coefficient (Wildman–Crippen LogP) is 5.01. The first kappa shape index (κ1) is 15.6. The Bertz CT molecular complexity index is 748. The van der Waals surface area contributed by atoms with Crippen LogP contribution in [0.2, 0.25) is 15.1 Å². The quantitative estimate of drug-likeness (QED) is 0.482. The Kier molecular flexibility index (Phi) is 4.67. The van der Waals surface area contributed by atoms with E-state index in [1.807, 2.05) is 0 Å². The molecule has 0 atom stereocenters. The number of phenolic OH excluding ortho intramolecular Hbond substituents is 1. The Morgan fingerprint density at radius 1 is 1.24 bits per heavy atom. The first-order chi connectivity index (χ1) is 9.90. The molecule has 5 nitrogen and oxygen atoms in total. The van der Waals surface area contributed by atoms with E-state index in [9.17, 15) is 15.2 Å². The monoisotopic (exact) mass is 344 g/mol. The lowest BCUT2D eigenvalue weighted by molar-refractivity contribution is -0.385. The van der Waals surface area contributed by atoms with Gasteiger partial charge >= 0.3 is 5.69 Å². The van der Waals surface area contributed by atoms with Crippen molar-refractivity contribution in [1.29, 1.82) is 0 Å². The number of phenols is 1. The van der Waals surface area contributed by atoms with E-state index in [0.717, 1.165) is 6.07 Å². The van der Waals surface area contributed by atoms with Gasteiger partial charge in [-0.2, -0.15) is 0 Å². The Balaban J connectivity index is 2.46. The van der Waals surface area contributed by atoms with Gasteiger partial charge in [-0.25, -0.2) is 0 Å². The van der Waals surface area contributed by atoms with Crippen LogP contribution in [0.25, 0.3) is 0 Å². The summed E-state index contributed by atoms with van der Waals surface area (Å²) in [6.45, 7) is 0. The highest BCUT2D eigenvalue weighted by Gasteiger charge is 2.17. The summed E-state index contributed by atoms with van der Waals surface area (Å²) in [4.78, 5) is 14.1. The van der Waals surface area contributed by atoms with Crippen LogP contribution in [0.3, 0.4) is 0 Å². The molecule has 2 aromatic carbocycles. The molecule has 0 spiro atoms. The zero-order valence-corrected chi connectivity index (χ0v) is 12.5. The first-order valence-corrected chi connectivity index (χ1v) is 6.68. The number of nitro benzene ring substituents is 1. The zero-order valence-electron chi connectivity index (χ0n) is 10.3. The minimum atomic E-state index is -0.731. The van der Waals surface area contributed by atoms with Gasteiger partial charge in [0, 0.05) is 22.9 Å². The van der Waals surface area contributed by atoms with Crippen LogP contribution >= 0.6 is 34.8 Å². The second kappa shape index (κ2) is 6.30. The fraction of sp³-hybridized carbons (Fsp3) is 0. The van der Waals surface area contributed by atoms with Gasteiger partial charge in [0.25, 0.3) is 0 Å². The molecule has 21 heavy (non-hydrogen) atoms. The van der Waals surface area contributed by atoms with Crippen molar-refractivity contribution in [1.82, 2.24) is 0 Å². The molecule has 0 bridgehead atoms. The highest BCUT2D eigenvalue weighted by Crippen LogP contribution is 2.34. The number of hydrogen-bond donors (Lipinski definition) is 1. The van der Waals surface area contributed by atoms with Crippen molar-refractivity contribution in [2.75, 3.05) is 0 Å². The molecule has 0 amide bonds. The lowest BCUT2D eigenvalue weighted by atomic mass is 10.2. The van der Waals surface area contributed by atoms with Crippen molar-refractivity contribution in [3.8, 4) is 5.75 Å². The molecule has 108 valence electrons. The van der Waals surface area contributed by atoms with Crippen LogP contribution in [0.4, 0.5) is 11.4 Å². The number of aliphatic imine (C=N–C) groups is 1. The largest absolute Gasteiger partial charge is 0.502 e. The molecule has 0 aliphatic heterocycles. The maximum Gasteiger partial charge on any atom is 0.312 e. The highest BCUT2D eigenvalue weighted by atomic mass is 35.5. The van der Waals surface area contributed by atoms with E-state index >= 15 is 0 Å². The number of hydrogen-bond acceptors (Lipinski definition) is 4. The summed E-state index contributed by atoms with van der Waals surface area (Å²) in [7, 11) is 0. The van der Waals surface area contributed by atoms with Gasteiger partial charge in [0.05, 0.1) is 20.7 Å². The molecule has 0 aliphatic rings. The summed E-state index contributed by atoms with van der Waals surface area (Å²) in [5, 5.41) is 21.3. The normalized spacial score (nSPS) is 11.0. The first-order valence-electron chi connectivity index (χ1n) is 5.55. The van der Waals surface area contributed by atoms with E-state index in [1.54, 1.807) is 18.2 Å². The van der Waals surface area contributed by atoms with Crippen LogP contribution < -0.4 is 0 Å². The number of benzene rings is 2. The van der Waals surface area contributed by atoms with Crippen molar-refractivity contribution < 1.29 is 10.0 Å². The Hall–Kier alpha value is -1.82. The summed E-state index contributed by atoms with van der Waals surface area (Å²) < 4.78 is 0. The summed E-state index contributed by atoms with van der Waals surface area (Å²) in [5.74, 6) is -0.522. The Labute approximate surface area is 134 Å². The number of nitro groups is 1. The Morgan fingerprint density at radius 2 is 1.95 bits per heavy atom. The molecular weight excluding hydrogens is 339 g/mol. The maximum atomic E-state index is 10.8. The second-order valence-corrected chi connectivity index (χ2v) is 5.17. The van der Waals surface area contributed by atoms with Gasteiger partial charge in [-0.3, -0.25) is 15.1 Å². The second-order valence-electron chi connectivity index (χ2n) is 3.95. The molecule has 0 aliphatic carbocycles. The van der Waals surface area contributed by atoms with E-state index < -0.39 is 16.4 Å². The smallest absolute Gasteiger partial charge is 0.312 e. The van der Waals surface area contributed by atoms with E-state index in [0.29, 0.717) is 10.7 Å². The topological polar surface area (TPSA) is 75.7 Å². The molecule has 2 aromatic rings. The molecule has 0 saturated heterocycles. The standard InChI is InChI=1S/C13H7Cl3N2O3/c14-8-4-7(13(19)11(5-8)18(20)21)6-17-10-3-1-2-9(15)12(10)16/h1-6,19H. The Morgan fingerprint density at radius 3 is 2.62 bits per heavy atom. The maximum absolute atomic E-state index is 10.8. The fourth-order valence-electron chi connectivity index (χ4n) is 1.57. The summed E-state index contributed by atoms with van der Waals surface area (Å²) in [6.07, 6.45) is 1.23. The van der Waals surface area contributed by atoms with Crippen molar-refractivity contribution in [3.63, 3.8) is 0 Å². The van der Waals surface area contributed by atoms with Crippen LogP contribution in [0.1, 0.15) is 5.56 Å². The van der Waals surface area contributed by atoms with E-state index in [2.05, 4.69) is 4.99 Å². The molecule has 2 rings (SSSR count). The molecule has 1 N–H and O–H groups in total. The van der Waals surface area contributed by atoms with Gasteiger partial charge < -0.3 is 5.11 Å². The van der Waals surface area contributed by atoms with E-state index in [-0.39, 0.29) is 15.6 Å². The van der Waals surface area contributed by atoms with Gasteiger partial charge in [0.1, 0.15) is 0 Å². The minimum Gasteiger partial charge on any atom is -0.502 e. The minimum absolute atomic E-state index is 0.102. The van der Waals surface area contributed by atoms with Crippen molar-refractivity contribution in [2.45, 2.75) is 0 Å². The van der Waals surface area contributed by atoms with Crippen LogP contribution in [0.5, 0.6) is 5.75 Å². The number of nitrogens with zero attached hydrogens (tertiary/aromatic N) is 2. The summed E-state index contributed by atoms with van der Waals surface area (Å²) >= 11 is 17.6. The number of aromatic hydroxyl groups is 1. The van der Waals surface area contributed by atoms with Gasteiger partial charge in [0.15, 0.2) is 0 Å². The predicted molar refractivity (Wildman–Crippen MR) is 83.5 cm³/mol. The fourth-order valence-corrected chi connectivity index (χ4v) is 2.14. The molecule has 0 unspecified atom stereocenters. The van der Waals surface area contributed by atoms with Crippen molar-refractivity contribution >= 4 is 52.4 Å². The van der Waals surface area contributed by atoms with Crippen LogP contribution in [0.15, 0.2) is 35.3 Å². The number of rotatable bonds is 3. The van der Waals surface area contributed by atoms with Crippen molar-refractivity contribution in [2.24, 2.45) is 4.99 Å². The van der Waals surface area contributed by atoms with Gasteiger partial charge in [0.2, 0.25) is 5.75 Å². The van der Waals surface area contributed by atoms with Gasteiger partial charge in [-0.05, 0) is 18.2 Å². The van der Waals surface area contributed by atoms with Crippen molar-refractivity contribution in [3.05, 3.63) is 61.1 Å². The lowest BCUT2D eigenvalue weighted by Crippen LogP contribution is -1.92. The number of halogens is 3. The van der Waals surface area contributed by atoms with Gasteiger partial charge in [-0.15, -0.1) is 0 Å². The average Bonchev–Trinajstić information content (AvgIpc) is 2.43. The lowest BCUT2D eigenvalue weighted by Gasteiger charge is -2.02. The molecule has 0 saturated carbocycles. The molecule has 0 aromatic heterocycles. The average molecular weight is 346 g/mol. The van der Waals surface area contributed by atoms with Gasteiger partial charge in [-0.1, -0.05) is 40.9 Å². The van der Waals surface area contributed by atoms with E-state index in [4.69, 9.17) is 34.8 Å². The van der Waals surface area contributed by atoms with Crippen LogP contribution in [-0.2, 0) is 0 Å². The third-order valence-corrected chi connectivity index (χ3v) is 3.58. The van der Waals surface area contributed by atoms with Crippen LogP contribution in [-0.4, -0.2) is 16.2 Å². The molecule has 0 heterocycles. The van der Waals surface area contributed by atoms with Crippen LogP contribution in [0, 0.1) is 10.1 Å². The molecule has 8 heteroatoms.